The third-order valence-corrected chi connectivity index (χ3v) is 4.64. The summed E-state index contributed by atoms with van der Waals surface area (Å²) in [5.74, 6) is 2.06. The van der Waals surface area contributed by atoms with Crippen LogP contribution >= 0.6 is 24.2 Å². The van der Waals surface area contributed by atoms with Gasteiger partial charge in [0, 0.05) is 6.04 Å². The van der Waals surface area contributed by atoms with E-state index in [1.807, 2.05) is 23.4 Å². The molecule has 0 aromatic carbocycles. The Hall–Kier alpha value is -0.790. The lowest BCUT2D eigenvalue weighted by Gasteiger charge is -2.22. The Kier molecular flexibility index (Phi) is 8.82. The summed E-state index contributed by atoms with van der Waals surface area (Å²) in [4.78, 5) is 12.1. The molecule has 1 amide bonds. The van der Waals surface area contributed by atoms with Crippen LogP contribution in [0.4, 0.5) is 0 Å². The molecule has 0 aliphatic carbocycles. The first kappa shape index (κ1) is 19.3. The number of thioether (sulfide) groups is 1. The van der Waals surface area contributed by atoms with Crippen LogP contribution in [0.5, 0.6) is 0 Å². The van der Waals surface area contributed by atoms with Crippen molar-refractivity contribution in [3.05, 3.63) is 11.9 Å². The second kappa shape index (κ2) is 10.1. The number of nitrogens with zero attached hydrogens (tertiary/aromatic N) is 3. The molecule has 1 saturated heterocycles. The minimum absolute atomic E-state index is 0. The first-order chi connectivity index (χ1) is 10.2. The zero-order valence-electron chi connectivity index (χ0n) is 13.2. The quantitative estimate of drug-likeness (QED) is 0.737. The summed E-state index contributed by atoms with van der Waals surface area (Å²) >= 11 is 1.89. The molecule has 1 aromatic rings. The van der Waals surface area contributed by atoms with Gasteiger partial charge in [-0.1, -0.05) is 12.1 Å². The first-order valence-corrected chi connectivity index (χ1v) is 8.87. The van der Waals surface area contributed by atoms with Crippen molar-refractivity contribution in [2.75, 3.05) is 24.6 Å². The Labute approximate surface area is 142 Å². The lowest BCUT2D eigenvalue weighted by atomic mass is 10.1. The molecule has 0 radical (unpaired) electrons. The van der Waals surface area contributed by atoms with Crippen molar-refractivity contribution in [1.82, 2.24) is 25.6 Å². The summed E-state index contributed by atoms with van der Waals surface area (Å²) in [5, 5.41) is 14.4. The van der Waals surface area contributed by atoms with Gasteiger partial charge in [-0.25, -0.2) is 4.68 Å². The minimum Gasteiger partial charge on any atom is -0.348 e. The van der Waals surface area contributed by atoms with E-state index in [4.69, 9.17) is 0 Å². The Morgan fingerprint density at radius 3 is 2.95 bits per heavy atom. The fraction of sp³-hybridized carbons (Fsp3) is 0.786. The highest BCUT2D eigenvalue weighted by atomic mass is 35.5. The van der Waals surface area contributed by atoms with E-state index in [-0.39, 0.29) is 24.4 Å². The number of nitrogens with one attached hydrogen (secondary N) is 2. The number of carbonyl (C=O) groups is 1. The molecular weight excluding hydrogens is 322 g/mol. The van der Waals surface area contributed by atoms with Gasteiger partial charge in [-0.15, -0.1) is 17.5 Å². The van der Waals surface area contributed by atoms with E-state index in [0.29, 0.717) is 11.7 Å². The number of hydrogen-bond acceptors (Lipinski definition) is 5. The predicted molar refractivity (Wildman–Crippen MR) is 93.0 cm³/mol. The minimum atomic E-state index is -0.121. The van der Waals surface area contributed by atoms with Crippen molar-refractivity contribution in [3.63, 3.8) is 0 Å². The molecule has 0 bridgehead atoms. The summed E-state index contributed by atoms with van der Waals surface area (Å²) in [5.41, 5.74) is 0.420. The monoisotopic (exact) mass is 347 g/mol. The van der Waals surface area contributed by atoms with Gasteiger partial charge in [0.15, 0.2) is 5.69 Å². The van der Waals surface area contributed by atoms with Crippen molar-refractivity contribution >= 4 is 30.1 Å². The molecule has 1 aliphatic heterocycles. The Balaban J connectivity index is 0.00000242. The number of carbonyl (C=O) groups excluding carboxylic acids is 1. The van der Waals surface area contributed by atoms with Crippen LogP contribution in [0, 0.1) is 0 Å². The maximum absolute atomic E-state index is 12.1. The molecule has 1 fully saturated rings. The van der Waals surface area contributed by atoms with Crippen LogP contribution in [-0.2, 0) is 0 Å². The molecular formula is C14H26ClN5OS. The third kappa shape index (κ3) is 5.78. The van der Waals surface area contributed by atoms with Crippen molar-refractivity contribution < 1.29 is 4.79 Å². The van der Waals surface area contributed by atoms with Gasteiger partial charge in [0.1, 0.15) is 0 Å². The third-order valence-electron chi connectivity index (χ3n) is 3.70. The van der Waals surface area contributed by atoms with E-state index in [1.54, 1.807) is 6.20 Å². The number of amides is 1. The van der Waals surface area contributed by atoms with E-state index in [1.165, 1.54) is 0 Å². The van der Waals surface area contributed by atoms with E-state index < -0.39 is 0 Å². The normalized spacial score (nSPS) is 16.8. The van der Waals surface area contributed by atoms with Gasteiger partial charge in [0.05, 0.1) is 12.2 Å². The van der Waals surface area contributed by atoms with E-state index in [2.05, 4.69) is 27.9 Å². The summed E-state index contributed by atoms with van der Waals surface area (Å²) in [7, 11) is 0. The lowest BCUT2D eigenvalue weighted by molar-refractivity contribution is 0.0934. The van der Waals surface area contributed by atoms with Crippen molar-refractivity contribution in [1.29, 1.82) is 0 Å². The Morgan fingerprint density at radius 1 is 1.55 bits per heavy atom. The summed E-state index contributed by atoms with van der Waals surface area (Å²) in [6.45, 7) is 6.18. The average molecular weight is 348 g/mol. The van der Waals surface area contributed by atoms with Gasteiger partial charge in [0.2, 0.25) is 0 Å². The molecule has 2 heterocycles. The zero-order chi connectivity index (χ0) is 15.1. The van der Waals surface area contributed by atoms with Crippen LogP contribution < -0.4 is 10.6 Å². The molecule has 1 unspecified atom stereocenters. The fourth-order valence-electron chi connectivity index (χ4n) is 2.40. The summed E-state index contributed by atoms with van der Waals surface area (Å²) < 4.78 is 1.84. The van der Waals surface area contributed by atoms with Crippen LogP contribution in [0.1, 0.15) is 49.6 Å². The Bertz CT molecular complexity index is 450. The highest BCUT2D eigenvalue weighted by molar-refractivity contribution is 7.99. The van der Waals surface area contributed by atoms with Gasteiger partial charge in [0.25, 0.3) is 5.91 Å². The van der Waals surface area contributed by atoms with Crippen LogP contribution in [0.15, 0.2) is 6.20 Å². The fourth-order valence-corrected chi connectivity index (χ4v) is 3.21. The molecule has 22 heavy (non-hydrogen) atoms. The number of aromatic nitrogens is 3. The smallest absolute Gasteiger partial charge is 0.273 e. The van der Waals surface area contributed by atoms with Gasteiger partial charge in [-0.2, -0.15) is 11.8 Å². The first-order valence-electron chi connectivity index (χ1n) is 7.72. The van der Waals surface area contributed by atoms with Gasteiger partial charge >= 0.3 is 0 Å². The topological polar surface area (TPSA) is 71.8 Å². The number of halogens is 1. The lowest BCUT2D eigenvalue weighted by Crippen LogP contribution is -2.33. The van der Waals surface area contributed by atoms with E-state index in [0.717, 1.165) is 43.9 Å². The van der Waals surface area contributed by atoms with Crippen LogP contribution in [-0.4, -0.2) is 51.5 Å². The van der Waals surface area contributed by atoms with Gasteiger partial charge in [-0.05, 0) is 50.8 Å². The zero-order valence-corrected chi connectivity index (χ0v) is 14.9. The number of piperidine rings is 1. The number of rotatable bonds is 7. The van der Waals surface area contributed by atoms with Crippen molar-refractivity contribution in [2.45, 2.75) is 45.2 Å². The predicted octanol–water partition coefficient (Wildman–Crippen LogP) is 1.89. The summed E-state index contributed by atoms with van der Waals surface area (Å²) in [6, 6.07) is 0.527. The molecule has 1 aliphatic rings. The molecule has 0 spiro atoms. The van der Waals surface area contributed by atoms with Crippen molar-refractivity contribution in [3.8, 4) is 0 Å². The van der Waals surface area contributed by atoms with Crippen LogP contribution in [0.2, 0.25) is 0 Å². The molecule has 2 rings (SSSR count). The molecule has 126 valence electrons. The van der Waals surface area contributed by atoms with Crippen LogP contribution in [0.25, 0.3) is 0 Å². The van der Waals surface area contributed by atoms with Gasteiger partial charge in [-0.3, -0.25) is 4.79 Å². The standard InChI is InChI=1S/C14H25N5OS.ClH/c1-3-21-9-6-11(2)16-14(20)13-10-19(18-17-13)12-4-7-15-8-5-12;/h10-12,15H,3-9H2,1-2H3,(H,16,20);1H. The second-order valence-corrected chi connectivity index (χ2v) is 6.82. The molecule has 6 nitrogen and oxygen atoms in total. The molecule has 8 heteroatoms. The average Bonchev–Trinajstić information content (AvgIpc) is 2.98. The second-order valence-electron chi connectivity index (χ2n) is 5.43. The molecule has 0 saturated carbocycles. The summed E-state index contributed by atoms with van der Waals surface area (Å²) in [6.07, 6.45) is 4.83. The molecule has 1 atom stereocenters. The number of hydrogen-bond donors (Lipinski definition) is 2. The van der Waals surface area contributed by atoms with Crippen LogP contribution in [0.3, 0.4) is 0 Å². The van der Waals surface area contributed by atoms with Crippen molar-refractivity contribution in [2.24, 2.45) is 0 Å². The highest BCUT2D eigenvalue weighted by Crippen LogP contribution is 2.17. The maximum atomic E-state index is 12.1. The molecule has 2 N–H and O–H groups in total. The van der Waals surface area contributed by atoms with E-state index in [9.17, 15) is 4.79 Å². The molecule has 1 aromatic heterocycles. The maximum Gasteiger partial charge on any atom is 0.273 e. The highest BCUT2D eigenvalue weighted by Gasteiger charge is 2.19. The van der Waals surface area contributed by atoms with E-state index >= 15 is 0 Å². The SMILES string of the molecule is CCSCCC(C)NC(=O)c1cn(C2CCNCC2)nn1.Cl. The van der Waals surface area contributed by atoms with Gasteiger partial charge < -0.3 is 10.6 Å². The largest absolute Gasteiger partial charge is 0.348 e. The Morgan fingerprint density at radius 2 is 2.27 bits per heavy atom.